The highest BCUT2D eigenvalue weighted by Gasteiger charge is 2.14. The monoisotopic (exact) mass is 412 g/mol. The topological polar surface area (TPSA) is 68.5 Å². The second-order valence-corrected chi connectivity index (χ2v) is 7.58. The van der Waals surface area contributed by atoms with Gasteiger partial charge in [0.2, 0.25) is 5.91 Å². The van der Waals surface area contributed by atoms with E-state index in [1.54, 1.807) is 25.3 Å². The van der Waals surface area contributed by atoms with E-state index in [0.717, 1.165) is 22.1 Å². The molecule has 142 valence electrons. The molecule has 0 saturated carbocycles. The van der Waals surface area contributed by atoms with Crippen molar-refractivity contribution in [2.24, 2.45) is 0 Å². The number of anilines is 1. The molecule has 0 unspecified atom stereocenters. The summed E-state index contributed by atoms with van der Waals surface area (Å²) in [7, 11) is 1.54. The van der Waals surface area contributed by atoms with Crippen molar-refractivity contribution in [2.45, 2.75) is 12.1 Å². The molecule has 8 heteroatoms. The normalized spacial score (nSPS) is 11.1. The fourth-order valence-electron chi connectivity index (χ4n) is 3.06. The Labute approximate surface area is 170 Å². The number of nitrogens with zero attached hydrogens (tertiary/aromatic N) is 3. The first kappa shape index (κ1) is 18.6. The number of rotatable bonds is 5. The van der Waals surface area contributed by atoms with Crippen molar-refractivity contribution >= 4 is 51.5 Å². The van der Waals surface area contributed by atoms with Gasteiger partial charge in [0.1, 0.15) is 5.75 Å². The molecule has 1 N–H and O–H groups in total. The zero-order chi connectivity index (χ0) is 19.7. The summed E-state index contributed by atoms with van der Waals surface area (Å²) in [5.41, 5.74) is 3.45. The van der Waals surface area contributed by atoms with Gasteiger partial charge in [-0.3, -0.25) is 9.20 Å². The van der Waals surface area contributed by atoms with E-state index in [-0.39, 0.29) is 11.7 Å². The molecule has 4 aromatic rings. The number of aryl methyl sites for hydroxylation is 1. The summed E-state index contributed by atoms with van der Waals surface area (Å²) in [4.78, 5) is 12.5. The molecule has 0 aliphatic heterocycles. The molecule has 1 amide bonds. The van der Waals surface area contributed by atoms with Crippen LogP contribution in [0.5, 0.6) is 5.75 Å². The molecule has 0 radical (unpaired) electrons. The third-order valence-electron chi connectivity index (χ3n) is 4.34. The number of para-hydroxylation sites is 1. The van der Waals surface area contributed by atoms with Crippen molar-refractivity contribution in [3.05, 3.63) is 59.1 Å². The molecule has 6 nitrogen and oxygen atoms in total. The van der Waals surface area contributed by atoms with Crippen molar-refractivity contribution in [1.82, 2.24) is 14.6 Å². The Morgan fingerprint density at radius 2 is 2.04 bits per heavy atom. The maximum Gasteiger partial charge on any atom is 0.234 e. The van der Waals surface area contributed by atoms with E-state index in [1.807, 2.05) is 28.7 Å². The molecular weight excluding hydrogens is 396 g/mol. The molecule has 0 bridgehead atoms. The van der Waals surface area contributed by atoms with Gasteiger partial charge in [-0.25, -0.2) is 0 Å². The van der Waals surface area contributed by atoms with Crippen molar-refractivity contribution < 1.29 is 9.53 Å². The number of carbonyl (C=O) groups is 1. The maximum atomic E-state index is 12.5. The van der Waals surface area contributed by atoms with Crippen LogP contribution in [0.15, 0.2) is 53.7 Å². The number of thioether (sulfide) groups is 1. The highest BCUT2D eigenvalue weighted by molar-refractivity contribution is 7.99. The van der Waals surface area contributed by atoms with Gasteiger partial charge in [0, 0.05) is 10.4 Å². The van der Waals surface area contributed by atoms with Crippen LogP contribution in [0.25, 0.3) is 16.6 Å². The molecular formula is C20H17ClN4O2S. The number of halogens is 1. The quantitative estimate of drug-likeness (QED) is 0.486. The van der Waals surface area contributed by atoms with Crippen molar-refractivity contribution in [2.75, 3.05) is 18.2 Å². The molecule has 2 aromatic carbocycles. The minimum atomic E-state index is -0.182. The summed E-state index contributed by atoms with van der Waals surface area (Å²) in [5, 5.41) is 13.7. The van der Waals surface area contributed by atoms with Crippen LogP contribution < -0.4 is 10.1 Å². The lowest BCUT2D eigenvalue weighted by Crippen LogP contribution is -2.15. The fourth-order valence-corrected chi connectivity index (χ4v) is 3.99. The van der Waals surface area contributed by atoms with Gasteiger partial charge in [-0.05, 0) is 42.8 Å². The second kappa shape index (κ2) is 7.69. The zero-order valence-corrected chi connectivity index (χ0v) is 16.8. The first-order chi connectivity index (χ1) is 13.6. The lowest BCUT2D eigenvalue weighted by Gasteiger charge is -2.10. The van der Waals surface area contributed by atoms with Gasteiger partial charge >= 0.3 is 0 Å². The van der Waals surface area contributed by atoms with Crippen molar-refractivity contribution in [3.8, 4) is 5.75 Å². The first-order valence-electron chi connectivity index (χ1n) is 8.56. The van der Waals surface area contributed by atoms with Gasteiger partial charge in [0.05, 0.1) is 24.1 Å². The van der Waals surface area contributed by atoms with Crippen LogP contribution in [0, 0.1) is 6.92 Å². The van der Waals surface area contributed by atoms with Crippen LogP contribution in [0.1, 0.15) is 5.56 Å². The van der Waals surface area contributed by atoms with Crippen LogP contribution in [-0.2, 0) is 4.79 Å². The Hall–Kier alpha value is -2.77. The molecule has 4 rings (SSSR count). The summed E-state index contributed by atoms with van der Waals surface area (Å²) < 4.78 is 7.23. The number of nitrogens with one attached hydrogen (secondary N) is 1. The number of amides is 1. The predicted molar refractivity (Wildman–Crippen MR) is 113 cm³/mol. The third kappa shape index (κ3) is 3.50. The SMILES string of the molecule is COc1ccc(Cl)cc1NC(=O)CSc1nnc2cc(C)c3ccccc3n12. The van der Waals surface area contributed by atoms with Crippen LogP contribution in [0.3, 0.4) is 0 Å². The van der Waals surface area contributed by atoms with Gasteiger partial charge in [-0.1, -0.05) is 41.6 Å². The molecule has 2 aromatic heterocycles. The molecule has 0 saturated heterocycles. The van der Waals surface area contributed by atoms with Gasteiger partial charge < -0.3 is 10.1 Å². The van der Waals surface area contributed by atoms with Gasteiger partial charge in [0.25, 0.3) is 0 Å². The summed E-state index contributed by atoms with van der Waals surface area (Å²) in [6.45, 7) is 2.05. The minimum Gasteiger partial charge on any atom is -0.495 e. The van der Waals surface area contributed by atoms with Crippen LogP contribution in [-0.4, -0.2) is 33.4 Å². The zero-order valence-electron chi connectivity index (χ0n) is 15.3. The Kier molecular flexibility index (Phi) is 5.11. The summed E-state index contributed by atoms with van der Waals surface area (Å²) in [6.07, 6.45) is 0. The number of ether oxygens (including phenoxy) is 1. The van der Waals surface area contributed by atoms with Gasteiger partial charge in [-0.2, -0.15) is 0 Å². The van der Waals surface area contributed by atoms with Crippen LogP contribution >= 0.6 is 23.4 Å². The summed E-state index contributed by atoms with van der Waals surface area (Å²) >= 11 is 7.34. The maximum absolute atomic E-state index is 12.5. The first-order valence-corrected chi connectivity index (χ1v) is 9.93. The van der Waals surface area contributed by atoms with E-state index in [9.17, 15) is 4.79 Å². The van der Waals surface area contributed by atoms with E-state index >= 15 is 0 Å². The van der Waals surface area contributed by atoms with Crippen molar-refractivity contribution in [1.29, 1.82) is 0 Å². The Bertz CT molecular complexity index is 1190. The number of pyridine rings is 1. The molecule has 0 atom stereocenters. The summed E-state index contributed by atoms with van der Waals surface area (Å²) in [6, 6.07) is 15.2. The Morgan fingerprint density at radius 1 is 1.21 bits per heavy atom. The van der Waals surface area contributed by atoms with Crippen molar-refractivity contribution in [3.63, 3.8) is 0 Å². The molecule has 0 fully saturated rings. The lowest BCUT2D eigenvalue weighted by atomic mass is 10.1. The average molecular weight is 413 g/mol. The third-order valence-corrected chi connectivity index (χ3v) is 5.51. The number of hydrogen-bond acceptors (Lipinski definition) is 5. The number of hydrogen-bond donors (Lipinski definition) is 1. The number of benzene rings is 2. The van der Waals surface area contributed by atoms with Crippen LogP contribution in [0.4, 0.5) is 5.69 Å². The molecule has 28 heavy (non-hydrogen) atoms. The smallest absolute Gasteiger partial charge is 0.234 e. The van der Waals surface area contributed by atoms with E-state index in [4.69, 9.17) is 16.3 Å². The van der Waals surface area contributed by atoms with Gasteiger partial charge in [-0.15, -0.1) is 10.2 Å². The molecule has 2 heterocycles. The average Bonchev–Trinajstić information content (AvgIpc) is 3.10. The number of fused-ring (bicyclic) bond motifs is 3. The molecule has 0 aliphatic carbocycles. The molecule has 0 spiro atoms. The number of carbonyl (C=O) groups excluding carboxylic acids is 1. The van der Waals surface area contributed by atoms with Gasteiger partial charge in [0.15, 0.2) is 10.8 Å². The largest absolute Gasteiger partial charge is 0.495 e. The van der Waals surface area contributed by atoms with E-state index in [0.29, 0.717) is 21.6 Å². The number of methoxy groups -OCH3 is 1. The summed E-state index contributed by atoms with van der Waals surface area (Å²) in [5.74, 6) is 0.550. The Balaban J connectivity index is 1.57. The van der Waals surface area contributed by atoms with Crippen LogP contribution in [0.2, 0.25) is 5.02 Å². The second-order valence-electron chi connectivity index (χ2n) is 6.20. The Morgan fingerprint density at radius 3 is 2.86 bits per heavy atom. The lowest BCUT2D eigenvalue weighted by molar-refractivity contribution is -0.113. The van der Waals surface area contributed by atoms with E-state index in [1.165, 1.54) is 11.8 Å². The highest BCUT2D eigenvalue weighted by atomic mass is 35.5. The van der Waals surface area contributed by atoms with E-state index in [2.05, 4.69) is 28.5 Å². The highest BCUT2D eigenvalue weighted by Crippen LogP contribution is 2.29. The molecule has 0 aliphatic rings. The predicted octanol–water partition coefficient (Wildman–Crippen LogP) is 4.58. The minimum absolute atomic E-state index is 0.179. The standard InChI is InChI=1S/C20H17ClN4O2S/c1-12-9-18-23-24-20(25(18)16-6-4-3-5-14(12)16)28-11-19(26)22-15-10-13(21)7-8-17(15)27-2/h3-10H,11H2,1-2H3,(H,22,26). The number of aromatic nitrogens is 3. The van der Waals surface area contributed by atoms with E-state index < -0.39 is 0 Å². The fraction of sp³-hybridized carbons (Fsp3) is 0.150.